The van der Waals surface area contributed by atoms with Crippen molar-refractivity contribution < 1.29 is 40.9 Å². The molecule has 0 aromatic heterocycles. The third kappa shape index (κ3) is 25.5. The third-order valence-corrected chi connectivity index (χ3v) is 20.1. The maximum atomic E-state index is 12.2. The Balaban J connectivity index is 1.61. The molecule has 496 valence electrons. The highest BCUT2D eigenvalue weighted by atomic mass is 16.3. The fourth-order valence-electron chi connectivity index (χ4n) is 14.6. The smallest absolute Gasteiger partial charge is 0.123 e. The SMILES string of the molecule is CCCCCCCCCCCCCC1c2cc(c(O)cc2O)C(CCCCCCCCCCCCC)c2cc(c(O)cc2O)C(CCCCCCCCCCCCC)c2cc(c(O)cc2O)C(CCCCCCCCCCCCC)c2cc1c(O)cc2O. The van der Waals surface area contributed by atoms with E-state index < -0.39 is 23.7 Å². The zero-order chi connectivity index (χ0) is 63.1. The molecule has 0 radical (unpaired) electrons. The topological polar surface area (TPSA) is 162 Å². The van der Waals surface area contributed by atoms with Crippen LogP contribution in [0.5, 0.6) is 46.0 Å². The summed E-state index contributed by atoms with van der Waals surface area (Å²) in [5.74, 6) is -2.85. The number of fused-ring (bicyclic) bond motifs is 8. The van der Waals surface area contributed by atoms with Crippen LogP contribution in [0.15, 0.2) is 48.5 Å². The van der Waals surface area contributed by atoms with Gasteiger partial charge < -0.3 is 40.9 Å². The predicted molar refractivity (Wildman–Crippen MR) is 371 cm³/mol. The van der Waals surface area contributed by atoms with E-state index in [0.717, 1.165) is 103 Å². The van der Waals surface area contributed by atoms with Crippen LogP contribution in [-0.2, 0) is 0 Å². The maximum Gasteiger partial charge on any atom is 0.123 e. The molecule has 8 heteroatoms. The van der Waals surface area contributed by atoms with Crippen LogP contribution >= 0.6 is 0 Å². The van der Waals surface area contributed by atoms with Gasteiger partial charge in [-0.1, -0.05) is 310 Å². The quantitative estimate of drug-likeness (QED) is 0.0203. The minimum atomic E-state index is -0.543. The van der Waals surface area contributed by atoms with Crippen LogP contribution in [0.2, 0.25) is 0 Å². The van der Waals surface area contributed by atoms with Crippen LogP contribution in [0.3, 0.4) is 0 Å². The molecule has 5 rings (SSSR count). The molecular formula is C80H128O8. The Bertz CT molecular complexity index is 2050. The first-order chi connectivity index (χ1) is 42.9. The minimum Gasteiger partial charge on any atom is -0.508 e. The molecule has 0 heterocycles. The van der Waals surface area contributed by atoms with E-state index in [1.165, 1.54) is 204 Å². The number of phenols is 8. The molecule has 0 spiro atoms. The fourth-order valence-corrected chi connectivity index (χ4v) is 14.6. The Morgan fingerprint density at radius 1 is 0.170 bits per heavy atom. The van der Waals surface area contributed by atoms with Gasteiger partial charge in [0.1, 0.15) is 46.0 Å². The lowest BCUT2D eigenvalue weighted by Gasteiger charge is -2.29. The van der Waals surface area contributed by atoms with Gasteiger partial charge in [0, 0.05) is 92.4 Å². The molecule has 0 unspecified atom stereocenters. The second-order valence-electron chi connectivity index (χ2n) is 27.4. The first-order valence-electron chi connectivity index (χ1n) is 37.2. The molecule has 0 saturated carbocycles. The summed E-state index contributed by atoms with van der Waals surface area (Å²) < 4.78 is 0. The van der Waals surface area contributed by atoms with Gasteiger partial charge in [0.25, 0.3) is 0 Å². The molecule has 1 aliphatic carbocycles. The van der Waals surface area contributed by atoms with Gasteiger partial charge in [-0.3, -0.25) is 0 Å². The fraction of sp³-hybridized carbons (Fsp3) is 0.700. The molecular weight excluding hydrogens is 1090 g/mol. The van der Waals surface area contributed by atoms with Crippen LogP contribution < -0.4 is 0 Å². The highest BCUT2D eigenvalue weighted by Crippen LogP contribution is 2.53. The Morgan fingerprint density at radius 2 is 0.284 bits per heavy atom. The lowest BCUT2D eigenvalue weighted by molar-refractivity contribution is 0.418. The number of hydrogen-bond donors (Lipinski definition) is 8. The molecule has 88 heavy (non-hydrogen) atoms. The lowest BCUT2D eigenvalue weighted by atomic mass is 9.76. The van der Waals surface area contributed by atoms with E-state index in [1.54, 1.807) is 0 Å². The van der Waals surface area contributed by atoms with Crippen molar-refractivity contribution in [1.82, 2.24) is 0 Å². The van der Waals surface area contributed by atoms with Gasteiger partial charge in [0.2, 0.25) is 0 Å². The molecule has 0 aliphatic heterocycles. The van der Waals surface area contributed by atoms with E-state index in [9.17, 15) is 40.9 Å². The third-order valence-electron chi connectivity index (χ3n) is 20.1. The van der Waals surface area contributed by atoms with Crippen molar-refractivity contribution in [1.29, 1.82) is 0 Å². The molecule has 0 amide bonds. The number of aromatic hydroxyl groups is 8. The zero-order valence-corrected chi connectivity index (χ0v) is 56.4. The van der Waals surface area contributed by atoms with Crippen molar-refractivity contribution in [2.45, 2.75) is 360 Å². The van der Waals surface area contributed by atoms with Gasteiger partial charge >= 0.3 is 0 Å². The van der Waals surface area contributed by atoms with Crippen LogP contribution in [0.1, 0.15) is 404 Å². The van der Waals surface area contributed by atoms with Crippen molar-refractivity contribution >= 4 is 0 Å². The first kappa shape index (κ1) is 74.0. The summed E-state index contributed by atoms with van der Waals surface area (Å²) in [6.45, 7) is 9.03. The summed E-state index contributed by atoms with van der Waals surface area (Å²) in [6.07, 6.45) is 54.0. The summed E-state index contributed by atoms with van der Waals surface area (Å²) >= 11 is 0. The molecule has 8 nitrogen and oxygen atoms in total. The van der Waals surface area contributed by atoms with Crippen molar-refractivity contribution in [2.24, 2.45) is 0 Å². The monoisotopic (exact) mass is 1220 g/mol. The number of rotatable bonds is 48. The maximum absolute atomic E-state index is 12.2. The van der Waals surface area contributed by atoms with E-state index in [0.29, 0.717) is 70.2 Å². The minimum absolute atomic E-state index is 0.0844. The van der Waals surface area contributed by atoms with Crippen LogP contribution in [0.4, 0.5) is 0 Å². The number of phenolic OH excluding ortho intramolecular Hbond substituents is 8. The summed E-state index contributed by atoms with van der Waals surface area (Å²) in [5, 5.41) is 97.9. The molecule has 0 fully saturated rings. The highest BCUT2D eigenvalue weighted by Gasteiger charge is 2.33. The van der Waals surface area contributed by atoms with Crippen molar-refractivity contribution in [3.8, 4) is 46.0 Å². The Labute approximate surface area is 536 Å². The average molecular weight is 1220 g/mol. The molecule has 1 aliphatic rings. The number of unbranched alkanes of at least 4 members (excludes halogenated alkanes) is 40. The van der Waals surface area contributed by atoms with Gasteiger partial charge in [-0.15, -0.1) is 0 Å². The summed E-state index contributed by atoms with van der Waals surface area (Å²) in [6, 6.07) is 13.4. The van der Waals surface area contributed by atoms with Gasteiger partial charge in [-0.05, 0) is 49.9 Å². The molecule has 8 N–H and O–H groups in total. The van der Waals surface area contributed by atoms with Gasteiger partial charge in [0.05, 0.1) is 0 Å². The molecule has 4 aromatic carbocycles. The van der Waals surface area contributed by atoms with E-state index in [2.05, 4.69) is 27.7 Å². The zero-order valence-electron chi connectivity index (χ0n) is 56.4. The first-order valence-corrected chi connectivity index (χ1v) is 37.2. The van der Waals surface area contributed by atoms with Gasteiger partial charge in [-0.2, -0.15) is 0 Å². The van der Waals surface area contributed by atoms with Gasteiger partial charge in [0.15, 0.2) is 0 Å². The van der Waals surface area contributed by atoms with E-state index in [-0.39, 0.29) is 46.0 Å². The molecule has 0 atom stereocenters. The van der Waals surface area contributed by atoms with Crippen molar-refractivity contribution in [2.75, 3.05) is 0 Å². The highest BCUT2D eigenvalue weighted by molar-refractivity contribution is 5.62. The van der Waals surface area contributed by atoms with Crippen LogP contribution in [0, 0.1) is 0 Å². The Hall–Kier alpha value is -4.72. The summed E-state index contributed by atoms with van der Waals surface area (Å²) in [5.41, 5.74) is 4.50. The number of benzene rings is 4. The van der Waals surface area contributed by atoms with Crippen molar-refractivity contribution in [3.05, 3.63) is 93.0 Å². The van der Waals surface area contributed by atoms with Crippen LogP contribution in [0.25, 0.3) is 0 Å². The van der Waals surface area contributed by atoms with E-state index in [1.807, 2.05) is 24.3 Å². The Kier molecular flexibility index (Phi) is 36.9. The predicted octanol–water partition coefficient (Wildman–Crippen LogP) is 25.0. The van der Waals surface area contributed by atoms with Gasteiger partial charge in [-0.25, -0.2) is 0 Å². The second kappa shape index (κ2) is 43.9. The largest absolute Gasteiger partial charge is 0.508 e. The second-order valence-corrected chi connectivity index (χ2v) is 27.4. The molecule has 4 aromatic rings. The molecule has 0 saturated heterocycles. The number of hydrogen-bond acceptors (Lipinski definition) is 8. The lowest BCUT2D eigenvalue weighted by Crippen LogP contribution is -2.11. The Morgan fingerprint density at radius 3 is 0.409 bits per heavy atom. The average Bonchev–Trinajstić information content (AvgIpc) is 1.67. The van der Waals surface area contributed by atoms with E-state index in [4.69, 9.17) is 0 Å². The standard InChI is InChI=1S/C80H128O8/c1-5-9-13-17-21-25-29-33-37-41-45-49-61-65-53-67(75(83)57-73(65)81)62(50-46-42-38-34-30-26-22-18-14-10-6-2)69-55-71(79(87)59-77(69)85)64(52-48-44-40-36-32-28-24-20-16-12-8-4)72-56-70(78(86)60-80(72)88)63(68-54-66(61)74(82)58-76(68)84)51-47-43-39-35-31-27-23-19-15-11-7-3/h53-64,81-88H,5-52H2,1-4H3. The van der Waals surface area contributed by atoms with E-state index >= 15 is 0 Å². The summed E-state index contributed by atoms with van der Waals surface area (Å²) in [4.78, 5) is 0. The molecule has 8 bridgehead atoms. The van der Waals surface area contributed by atoms with Crippen molar-refractivity contribution in [3.63, 3.8) is 0 Å². The normalized spacial score (nSPS) is 15.8. The summed E-state index contributed by atoms with van der Waals surface area (Å²) in [7, 11) is 0. The van der Waals surface area contributed by atoms with Crippen LogP contribution in [-0.4, -0.2) is 40.9 Å².